The molecule has 0 saturated carbocycles. The van der Waals surface area contributed by atoms with E-state index in [1.54, 1.807) is 18.2 Å². The van der Waals surface area contributed by atoms with Crippen LogP contribution in [0.2, 0.25) is 0 Å². The third-order valence-corrected chi connectivity index (χ3v) is 2.81. The lowest BCUT2D eigenvalue weighted by molar-refractivity contribution is -0.147. The summed E-state index contributed by atoms with van der Waals surface area (Å²) in [6.07, 6.45) is -4.55. The fourth-order valence-corrected chi connectivity index (χ4v) is 1.83. The van der Waals surface area contributed by atoms with Gasteiger partial charge in [0, 0.05) is 4.47 Å². The molecule has 0 heterocycles. The molecule has 15 heavy (non-hydrogen) atoms. The molecule has 0 spiro atoms. The van der Waals surface area contributed by atoms with Crippen LogP contribution in [-0.4, -0.2) is 12.2 Å². The lowest BCUT2D eigenvalue weighted by Gasteiger charge is -2.16. The molecular weight excluding hydrogens is 271 g/mol. The molecule has 1 aromatic rings. The number of rotatable bonds is 2. The minimum Gasteiger partial charge on any atom is -0.320 e. The maximum Gasteiger partial charge on any atom is 0.403 e. The number of benzene rings is 1. The Labute approximate surface area is 94.6 Å². The second kappa shape index (κ2) is 4.53. The Balaban J connectivity index is 2.82. The highest BCUT2D eigenvalue weighted by molar-refractivity contribution is 9.10. The van der Waals surface area contributed by atoms with Crippen LogP contribution < -0.4 is 5.73 Å². The summed E-state index contributed by atoms with van der Waals surface area (Å²) in [6.45, 7) is 1.87. The van der Waals surface area contributed by atoms with Crippen molar-refractivity contribution in [1.82, 2.24) is 0 Å². The summed E-state index contributed by atoms with van der Waals surface area (Å²) in [5.41, 5.74) is 6.61. The van der Waals surface area contributed by atoms with Crippen LogP contribution >= 0.6 is 15.9 Å². The minimum atomic E-state index is -4.34. The van der Waals surface area contributed by atoms with Gasteiger partial charge in [-0.05, 0) is 30.5 Å². The van der Waals surface area contributed by atoms with E-state index in [1.807, 2.05) is 6.92 Å². The van der Waals surface area contributed by atoms with Gasteiger partial charge in [-0.25, -0.2) is 0 Å². The number of halogens is 4. The van der Waals surface area contributed by atoms with Gasteiger partial charge in [0.2, 0.25) is 0 Å². The summed E-state index contributed by atoms with van der Waals surface area (Å²) < 4.78 is 37.3. The second-order valence-electron chi connectivity index (χ2n) is 3.45. The first-order chi connectivity index (χ1) is 6.80. The van der Waals surface area contributed by atoms with E-state index in [2.05, 4.69) is 15.9 Å². The van der Waals surface area contributed by atoms with Gasteiger partial charge in [-0.1, -0.05) is 28.1 Å². The van der Waals surface area contributed by atoms with Crippen molar-refractivity contribution < 1.29 is 13.2 Å². The van der Waals surface area contributed by atoms with E-state index in [-0.39, 0.29) is 6.42 Å². The Morgan fingerprint density at radius 3 is 2.47 bits per heavy atom. The summed E-state index contributed by atoms with van der Waals surface area (Å²) in [7, 11) is 0. The van der Waals surface area contributed by atoms with E-state index in [0.717, 1.165) is 5.56 Å². The molecule has 1 atom stereocenters. The Morgan fingerprint density at radius 2 is 2.00 bits per heavy atom. The molecule has 1 aromatic carbocycles. The highest BCUT2D eigenvalue weighted by Gasteiger charge is 2.36. The van der Waals surface area contributed by atoms with E-state index in [1.165, 1.54) is 0 Å². The van der Waals surface area contributed by atoms with Crippen molar-refractivity contribution >= 4 is 15.9 Å². The summed E-state index contributed by atoms with van der Waals surface area (Å²) >= 11 is 3.22. The van der Waals surface area contributed by atoms with Crippen molar-refractivity contribution in [2.75, 3.05) is 0 Å². The summed E-state index contributed by atoms with van der Waals surface area (Å²) in [6, 6.07) is 3.39. The van der Waals surface area contributed by atoms with Gasteiger partial charge in [0.1, 0.15) is 6.04 Å². The zero-order chi connectivity index (χ0) is 11.6. The third kappa shape index (κ3) is 3.50. The van der Waals surface area contributed by atoms with Crippen LogP contribution in [-0.2, 0) is 6.42 Å². The first kappa shape index (κ1) is 12.5. The minimum absolute atomic E-state index is 0.204. The lowest BCUT2D eigenvalue weighted by Crippen LogP contribution is -2.39. The monoisotopic (exact) mass is 281 g/mol. The molecule has 1 unspecified atom stereocenters. The van der Waals surface area contributed by atoms with Crippen molar-refractivity contribution in [3.8, 4) is 0 Å². The van der Waals surface area contributed by atoms with Crippen molar-refractivity contribution in [3.63, 3.8) is 0 Å². The van der Waals surface area contributed by atoms with Crippen LogP contribution in [0, 0.1) is 6.92 Å². The highest BCUT2D eigenvalue weighted by atomic mass is 79.9. The SMILES string of the molecule is Cc1ccc(CC(N)C(F)(F)F)c(Br)c1. The molecule has 5 heteroatoms. The molecule has 0 amide bonds. The molecule has 0 saturated heterocycles. The lowest BCUT2D eigenvalue weighted by atomic mass is 10.0. The maximum absolute atomic E-state index is 12.2. The zero-order valence-corrected chi connectivity index (χ0v) is 9.69. The summed E-state index contributed by atoms with van der Waals surface area (Å²) in [5, 5.41) is 0. The van der Waals surface area contributed by atoms with E-state index in [0.29, 0.717) is 10.0 Å². The van der Waals surface area contributed by atoms with E-state index in [4.69, 9.17) is 5.73 Å². The van der Waals surface area contributed by atoms with Crippen molar-refractivity contribution in [1.29, 1.82) is 0 Å². The second-order valence-corrected chi connectivity index (χ2v) is 4.30. The van der Waals surface area contributed by atoms with E-state index in [9.17, 15) is 13.2 Å². The number of hydrogen-bond donors (Lipinski definition) is 1. The largest absolute Gasteiger partial charge is 0.403 e. The van der Waals surface area contributed by atoms with Crippen LogP contribution in [0.15, 0.2) is 22.7 Å². The fourth-order valence-electron chi connectivity index (χ4n) is 1.17. The van der Waals surface area contributed by atoms with Gasteiger partial charge < -0.3 is 5.73 Å². The first-order valence-corrected chi connectivity index (χ1v) is 5.17. The number of nitrogens with two attached hydrogens (primary N) is 1. The van der Waals surface area contributed by atoms with Crippen LogP contribution in [0.4, 0.5) is 13.2 Å². The fraction of sp³-hybridized carbons (Fsp3) is 0.400. The molecule has 84 valence electrons. The van der Waals surface area contributed by atoms with Gasteiger partial charge in [0.15, 0.2) is 0 Å². The van der Waals surface area contributed by atoms with Crippen molar-refractivity contribution in [2.24, 2.45) is 5.73 Å². The van der Waals surface area contributed by atoms with Crippen molar-refractivity contribution in [2.45, 2.75) is 25.6 Å². The number of alkyl halides is 3. The maximum atomic E-state index is 12.2. The average Bonchev–Trinajstić information content (AvgIpc) is 2.08. The van der Waals surface area contributed by atoms with Crippen molar-refractivity contribution in [3.05, 3.63) is 33.8 Å². The van der Waals surface area contributed by atoms with E-state index >= 15 is 0 Å². The highest BCUT2D eigenvalue weighted by Crippen LogP contribution is 2.25. The molecule has 0 aliphatic rings. The topological polar surface area (TPSA) is 26.0 Å². The molecular formula is C10H11BrF3N. The Morgan fingerprint density at radius 1 is 1.40 bits per heavy atom. The smallest absolute Gasteiger partial charge is 0.320 e. The van der Waals surface area contributed by atoms with Gasteiger partial charge in [0.05, 0.1) is 0 Å². The van der Waals surface area contributed by atoms with Crippen LogP contribution in [0.1, 0.15) is 11.1 Å². The molecule has 1 rings (SSSR count). The molecule has 0 aliphatic heterocycles. The quantitative estimate of drug-likeness (QED) is 0.885. The van der Waals surface area contributed by atoms with Gasteiger partial charge in [-0.2, -0.15) is 13.2 Å². The van der Waals surface area contributed by atoms with Gasteiger partial charge in [0.25, 0.3) is 0 Å². The Bertz CT molecular complexity index is 349. The van der Waals surface area contributed by atoms with Crippen LogP contribution in [0.25, 0.3) is 0 Å². The molecule has 1 nitrogen and oxygen atoms in total. The van der Waals surface area contributed by atoms with Crippen LogP contribution in [0.5, 0.6) is 0 Å². The number of hydrogen-bond acceptors (Lipinski definition) is 1. The molecule has 0 radical (unpaired) electrons. The van der Waals surface area contributed by atoms with Gasteiger partial charge in [-0.15, -0.1) is 0 Å². The first-order valence-electron chi connectivity index (χ1n) is 4.38. The third-order valence-electron chi connectivity index (χ3n) is 2.07. The normalized spacial score (nSPS) is 14.0. The standard InChI is InChI=1S/C10H11BrF3N/c1-6-2-3-7(8(11)4-6)5-9(15)10(12,13)14/h2-4,9H,5,15H2,1H3. The molecule has 2 N–H and O–H groups in total. The predicted molar refractivity (Wildman–Crippen MR) is 56.6 cm³/mol. The van der Waals surface area contributed by atoms with Crippen LogP contribution in [0.3, 0.4) is 0 Å². The predicted octanol–water partition coefficient (Wildman–Crippen LogP) is 3.19. The summed E-state index contributed by atoms with van der Waals surface area (Å²) in [4.78, 5) is 0. The van der Waals surface area contributed by atoms with Gasteiger partial charge in [-0.3, -0.25) is 0 Å². The molecule has 0 aromatic heterocycles. The number of aryl methyl sites for hydroxylation is 1. The zero-order valence-electron chi connectivity index (χ0n) is 8.11. The average molecular weight is 282 g/mol. The van der Waals surface area contributed by atoms with E-state index < -0.39 is 12.2 Å². The van der Waals surface area contributed by atoms with Gasteiger partial charge >= 0.3 is 6.18 Å². The molecule has 0 fully saturated rings. The Hall–Kier alpha value is -0.550. The molecule has 0 aliphatic carbocycles. The molecule has 0 bridgehead atoms. The Kier molecular flexibility index (Phi) is 3.78. The summed E-state index contributed by atoms with van der Waals surface area (Å²) in [5.74, 6) is 0.